The number of rotatable bonds is 6. The van der Waals surface area contributed by atoms with Crippen molar-refractivity contribution in [2.24, 2.45) is 0 Å². The van der Waals surface area contributed by atoms with Gasteiger partial charge in [-0.15, -0.1) is 0 Å². The van der Waals surface area contributed by atoms with Gasteiger partial charge in [0.25, 0.3) is 0 Å². The third-order valence-corrected chi connectivity index (χ3v) is 4.62. The number of nitrogens with zero attached hydrogens (tertiary/aromatic N) is 1. The minimum absolute atomic E-state index is 0.00387. The number of carbonyl (C=O) groups excluding carboxylic acids is 1. The van der Waals surface area contributed by atoms with E-state index in [2.05, 4.69) is 15.3 Å². The number of para-hydroxylation sites is 1. The summed E-state index contributed by atoms with van der Waals surface area (Å²) < 4.78 is 5.76. The molecule has 0 saturated heterocycles. The molecule has 0 spiro atoms. The van der Waals surface area contributed by atoms with Gasteiger partial charge >= 0.3 is 0 Å². The number of aromatic nitrogens is 2. The molecule has 27 heavy (non-hydrogen) atoms. The molecule has 2 aromatic carbocycles. The summed E-state index contributed by atoms with van der Waals surface area (Å²) in [4.78, 5) is 20.1. The smallest absolute Gasteiger partial charge is 0.226 e. The highest BCUT2D eigenvalue weighted by Gasteiger charge is 2.12. The number of oxazole rings is 1. The number of nitrogens with one attached hydrogen (secondary N) is 2. The zero-order valence-electron chi connectivity index (χ0n) is 15.2. The van der Waals surface area contributed by atoms with Crippen LogP contribution in [-0.2, 0) is 17.6 Å². The van der Waals surface area contributed by atoms with Crippen molar-refractivity contribution in [3.63, 3.8) is 0 Å². The minimum Gasteiger partial charge on any atom is -0.441 e. The molecule has 4 rings (SSSR count). The molecule has 4 aromatic rings. The Kier molecular flexibility index (Phi) is 4.75. The number of amides is 1. The molecular weight excluding hydrogens is 338 g/mol. The van der Waals surface area contributed by atoms with Crippen LogP contribution in [0.4, 0.5) is 0 Å². The van der Waals surface area contributed by atoms with Crippen LogP contribution in [0.3, 0.4) is 0 Å². The van der Waals surface area contributed by atoms with Crippen molar-refractivity contribution >= 4 is 16.8 Å². The van der Waals surface area contributed by atoms with Crippen LogP contribution in [0.5, 0.6) is 0 Å². The van der Waals surface area contributed by atoms with Gasteiger partial charge < -0.3 is 14.7 Å². The first-order chi connectivity index (χ1) is 13.2. The quantitative estimate of drug-likeness (QED) is 0.546. The van der Waals surface area contributed by atoms with Crippen molar-refractivity contribution in [2.45, 2.75) is 19.8 Å². The fraction of sp³-hybridized carbons (Fsp3) is 0.182. The molecule has 0 saturated carbocycles. The molecule has 0 aliphatic heterocycles. The molecule has 1 amide bonds. The Morgan fingerprint density at radius 3 is 2.74 bits per heavy atom. The Morgan fingerprint density at radius 2 is 1.89 bits per heavy atom. The zero-order chi connectivity index (χ0) is 18.6. The third kappa shape index (κ3) is 3.77. The highest BCUT2D eigenvalue weighted by atomic mass is 16.4. The average molecular weight is 359 g/mol. The largest absolute Gasteiger partial charge is 0.441 e. The summed E-state index contributed by atoms with van der Waals surface area (Å²) in [5.41, 5.74) is 3.88. The Labute approximate surface area is 157 Å². The van der Waals surface area contributed by atoms with Gasteiger partial charge in [-0.2, -0.15) is 0 Å². The number of hydrogen-bond acceptors (Lipinski definition) is 3. The number of fused-ring (bicyclic) bond motifs is 1. The average Bonchev–Trinajstić information content (AvgIpc) is 3.27. The molecule has 0 radical (unpaired) electrons. The first kappa shape index (κ1) is 17.1. The first-order valence-electron chi connectivity index (χ1n) is 9.04. The standard InChI is InChI=1S/C22H21N3O2/c1-15-19(25-22(27-15)16-7-3-2-4-8-16)11-12-23-21(26)13-17-14-24-20-10-6-5-9-18(17)20/h2-10,14,24H,11-13H2,1H3,(H,23,26). The van der Waals surface area contributed by atoms with E-state index in [-0.39, 0.29) is 5.91 Å². The molecule has 5 nitrogen and oxygen atoms in total. The molecule has 2 heterocycles. The van der Waals surface area contributed by atoms with E-state index in [0.717, 1.165) is 33.5 Å². The van der Waals surface area contributed by atoms with Crippen molar-refractivity contribution in [1.29, 1.82) is 0 Å². The fourth-order valence-electron chi connectivity index (χ4n) is 3.20. The molecule has 136 valence electrons. The number of aromatic amines is 1. The van der Waals surface area contributed by atoms with Gasteiger partial charge in [-0.1, -0.05) is 36.4 Å². The normalized spacial score (nSPS) is 11.0. The summed E-state index contributed by atoms with van der Waals surface area (Å²) in [6.07, 6.45) is 2.90. The molecule has 5 heteroatoms. The van der Waals surface area contributed by atoms with E-state index in [1.54, 1.807) is 0 Å². The van der Waals surface area contributed by atoms with Crippen molar-refractivity contribution in [2.75, 3.05) is 6.54 Å². The minimum atomic E-state index is 0.00387. The van der Waals surface area contributed by atoms with Crippen LogP contribution in [-0.4, -0.2) is 22.4 Å². The predicted octanol–water partition coefficient (Wildman–Crippen LogP) is 4.03. The second-order valence-electron chi connectivity index (χ2n) is 6.52. The lowest BCUT2D eigenvalue weighted by atomic mass is 10.1. The van der Waals surface area contributed by atoms with E-state index >= 15 is 0 Å². The van der Waals surface area contributed by atoms with Gasteiger partial charge in [-0.3, -0.25) is 4.79 Å². The van der Waals surface area contributed by atoms with Gasteiger partial charge in [-0.05, 0) is 30.7 Å². The van der Waals surface area contributed by atoms with Crippen LogP contribution in [0, 0.1) is 6.92 Å². The topological polar surface area (TPSA) is 70.9 Å². The van der Waals surface area contributed by atoms with Crippen LogP contribution in [0.15, 0.2) is 65.2 Å². The molecule has 2 aromatic heterocycles. The van der Waals surface area contributed by atoms with Crippen LogP contribution in [0.1, 0.15) is 17.0 Å². The first-order valence-corrected chi connectivity index (χ1v) is 9.04. The Morgan fingerprint density at radius 1 is 1.11 bits per heavy atom. The third-order valence-electron chi connectivity index (χ3n) is 4.62. The van der Waals surface area contributed by atoms with Gasteiger partial charge in [-0.25, -0.2) is 4.98 Å². The van der Waals surface area contributed by atoms with E-state index in [9.17, 15) is 4.79 Å². The summed E-state index contributed by atoms with van der Waals surface area (Å²) in [7, 11) is 0. The van der Waals surface area contributed by atoms with E-state index in [0.29, 0.717) is 25.3 Å². The molecule has 0 fully saturated rings. The lowest BCUT2D eigenvalue weighted by Gasteiger charge is -2.04. The van der Waals surface area contributed by atoms with E-state index < -0.39 is 0 Å². The molecule has 0 aliphatic rings. The maximum Gasteiger partial charge on any atom is 0.226 e. The van der Waals surface area contributed by atoms with E-state index in [4.69, 9.17) is 4.42 Å². The van der Waals surface area contributed by atoms with Crippen molar-refractivity contribution in [3.05, 3.63) is 77.8 Å². The molecule has 0 atom stereocenters. The summed E-state index contributed by atoms with van der Waals surface area (Å²) in [6, 6.07) is 17.8. The van der Waals surface area contributed by atoms with E-state index in [1.165, 1.54) is 0 Å². The van der Waals surface area contributed by atoms with Crippen molar-refractivity contribution in [1.82, 2.24) is 15.3 Å². The summed E-state index contributed by atoms with van der Waals surface area (Å²) in [5.74, 6) is 1.41. The van der Waals surface area contributed by atoms with Crippen molar-refractivity contribution in [3.8, 4) is 11.5 Å². The number of carbonyl (C=O) groups is 1. The van der Waals surface area contributed by atoms with Crippen molar-refractivity contribution < 1.29 is 9.21 Å². The molecule has 0 aliphatic carbocycles. The monoisotopic (exact) mass is 359 g/mol. The zero-order valence-corrected chi connectivity index (χ0v) is 15.2. The fourth-order valence-corrected chi connectivity index (χ4v) is 3.20. The lowest BCUT2D eigenvalue weighted by molar-refractivity contribution is -0.120. The highest BCUT2D eigenvalue weighted by Crippen LogP contribution is 2.21. The molecular formula is C22H21N3O2. The highest BCUT2D eigenvalue weighted by molar-refractivity contribution is 5.88. The number of hydrogen-bond donors (Lipinski definition) is 2. The lowest BCUT2D eigenvalue weighted by Crippen LogP contribution is -2.27. The van der Waals surface area contributed by atoms with Crippen LogP contribution < -0.4 is 5.32 Å². The SMILES string of the molecule is Cc1oc(-c2ccccc2)nc1CCNC(=O)Cc1c[nH]c2ccccc12. The summed E-state index contributed by atoms with van der Waals surface area (Å²) in [6.45, 7) is 2.44. The maximum absolute atomic E-state index is 12.3. The summed E-state index contributed by atoms with van der Waals surface area (Å²) in [5, 5.41) is 4.07. The second kappa shape index (κ2) is 7.50. The van der Waals surface area contributed by atoms with Crippen LogP contribution in [0.2, 0.25) is 0 Å². The number of H-pyrrole nitrogens is 1. The van der Waals surface area contributed by atoms with Gasteiger partial charge in [0.15, 0.2) is 0 Å². The van der Waals surface area contributed by atoms with Gasteiger partial charge in [0.1, 0.15) is 5.76 Å². The van der Waals surface area contributed by atoms with E-state index in [1.807, 2.05) is 67.7 Å². The second-order valence-corrected chi connectivity index (χ2v) is 6.52. The van der Waals surface area contributed by atoms with Crippen LogP contribution >= 0.6 is 0 Å². The number of benzene rings is 2. The Hall–Kier alpha value is -3.34. The molecule has 0 bridgehead atoms. The van der Waals surface area contributed by atoms with Gasteiger partial charge in [0.2, 0.25) is 11.8 Å². The molecule has 0 unspecified atom stereocenters. The Balaban J connectivity index is 1.34. The van der Waals surface area contributed by atoms with Gasteiger partial charge in [0.05, 0.1) is 12.1 Å². The summed E-state index contributed by atoms with van der Waals surface area (Å²) >= 11 is 0. The molecule has 2 N–H and O–H groups in total. The maximum atomic E-state index is 12.3. The Bertz CT molecular complexity index is 1060. The number of aryl methyl sites for hydroxylation is 1. The predicted molar refractivity (Wildman–Crippen MR) is 105 cm³/mol. The van der Waals surface area contributed by atoms with Gasteiger partial charge in [0, 0.05) is 35.6 Å². The van der Waals surface area contributed by atoms with Crippen LogP contribution in [0.25, 0.3) is 22.4 Å².